The fraction of sp³-hybridized carbons (Fsp3) is 0.333. The Morgan fingerprint density at radius 3 is 2.58 bits per heavy atom. The molecule has 0 spiro atoms. The fourth-order valence-electron chi connectivity index (χ4n) is 2.83. The van der Waals surface area contributed by atoms with Gasteiger partial charge in [-0.25, -0.2) is 8.42 Å². The zero-order valence-electron chi connectivity index (χ0n) is 13.7. The van der Waals surface area contributed by atoms with Crippen molar-refractivity contribution in [2.75, 3.05) is 25.5 Å². The highest BCUT2D eigenvalue weighted by molar-refractivity contribution is 7.89. The largest absolute Gasteiger partial charge is 0.497 e. The van der Waals surface area contributed by atoms with Gasteiger partial charge in [0.2, 0.25) is 10.0 Å². The molecule has 2 aromatic rings. The number of hydrogen-bond acceptors (Lipinski definition) is 4. The van der Waals surface area contributed by atoms with Crippen molar-refractivity contribution in [1.29, 1.82) is 0 Å². The molecule has 1 saturated heterocycles. The zero-order valence-corrected chi connectivity index (χ0v) is 14.6. The van der Waals surface area contributed by atoms with Crippen LogP contribution in [0.3, 0.4) is 0 Å². The average Bonchev–Trinajstić information content (AvgIpc) is 3.16. The maximum absolute atomic E-state index is 12.6. The van der Waals surface area contributed by atoms with Crippen molar-refractivity contribution in [1.82, 2.24) is 4.31 Å². The molecule has 3 rings (SSSR count). The third kappa shape index (κ3) is 3.71. The number of rotatable bonds is 6. The Bertz CT molecular complexity index is 799. The SMILES string of the molecule is COc1cccc(CNc2cccc(S(=O)(=O)N3CCCC3)c2)c1. The molecule has 0 amide bonds. The summed E-state index contributed by atoms with van der Waals surface area (Å²) >= 11 is 0. The number of nitrogens with zero attached hydrogens (tertiary/aromatic N) is 1. The van der Waals surface area contributed by atoms with Crippen LogP contribution in [0.25, 0.3) is 0 Å². The number of nitrogens with one attached hydrogen (secondary N) is 1. The van der Waals surface area contributed by atoms with Crippen molar-refractivity contribution in [2.45, 2.75) is 24.3 Å². The first kappa shape index (κ1) is 16.8. The van der Waals surface area contributed by atoms with Crippen molar-refractivity contribution in [3.05, 3.63) is 54.1 Å². The van der Waals surface area contributed by atoms with E-state index < -0.39 is 10.0 Å². The molecule has 0 bridgehead atoms. The van der Waals surface area contributed by atoms with Crippen molar-refractivity contribution in [3.63, 3.8) is 0 Å². The quantitative estimate of drug-likeness (QED) is 0.873. The van der Waals surface area contributed by atoms with Crippen LogP contribution in [0.4, 0.5) is 5.69 Å². The molecule has 1 heterocycles. The van der Waals surface area contributed by atoms with Crippen molar-refractivity contribution in [3.8, 4) is 5.75 Å². The van der Waals surface area contributed by atoms with E-state index in [1.54, 1.807) is 29.6 Å². The molecule has 1 aliphatic rings. The van der Waals surface area contributed by atoms with Gasteiger partial charge in [-0.15, -0.1) is 0 Å². The predicted octanol–water partition coefficient (Wildman–Crippen LogP) is 3.09. The van der Waals surface area contributed by atoms with Crippen LogP contribution in [0.2, 0.25) is 0 Å². The lowest BCUT2D eigenvalue weighted by Gasteiger charge is -2.16. The molecule has 0 aliphatic carbocycles. The number of benzene rings is 2. The third-order valence-corrected chi connectivity index (χ3v) is 6.06. The summed E-state index contributed by atoms with van der Waals surface area (Å²) in [4.78, 5) is 0.347. The normalized spacial score (nSPS) is 15.4. The number of sulfonamides is 1. The van der Waals surface area contributed by atoms with Crippen LogP contribution in [0.1, 0.15) is 18.4 Å². The Kier molecular flexibility index (Phi) is 5.06. The van der Waals surface area contributed by atoms with Crippen molar-refractivity contribution >= 4 is 15.7 Å². The van der Waals surface area contributed by atoms with Crippen LogP contribution in [0, 0.1) is 0 Å². The molecule has 0 radical (unpaired) electrons. The van der Waals surface area contributed by atoms with Gasteiger partial charge >= 0.3 is 0 Å². The Balaban J connectivity index is 1.73. The topological polar surface area (TPSA) is 58.6 Å². The van der Waals surface area contributed by atoms with E-state index in [4.69, 9.17) is 4.74 Å². The number of ether oxygens (including phenoxy) is 1. The highest BCUT2D eigenvalue weighted by atomic mass is 32.2. The van der Waals surface area contributed by atoms with Gasteiger partial charge in [0.1, 0.15) is 5.75 Å². The number of methoxy groups -OCH3 is 1. The lowest BCUT2D eigenvalue weighted by Crippen LogP contribution is -2.27. The summed E-state index contributed by atoms with van der Waals surface area (Å²) in [6, 6.07) is 14.8. The van der Waals surface area contributed by atoms with Gasteiger partial charge in [-0.1, -0.05) is 18.2 Å². The first-order valence-corrected chi connectivity index (χ1v) is 9.50. The first-order valence-electron chi connectivity index (χ1n) is 8.06. The molecule has 1 aliphatic heterocycles. The number of hydrogen-bond donors (Lipinski definition) is 1. The second-order valence-electron chi connectivity index (χ2n) is 5.84. The molecule has 6 heteroatoms. The van der Waals surface area contributed by atoms with E-state index in [-0.39, 0.29) is 0 Å². The Morgan fingerprint density at radius 1 is 1.08 bits per heavy atom. The van der Waals surface area contributed by atoms with Gasteiger partial charge in [0.25, 0.3) is 0 Å². The zero-order chi connectivity index (χ0) is 17.0. The second-order valence-corrected chi connectivity index (χ2v) is 7.78. The minimum Gasteiger partial charge on any atom is -0.497 e. The first-order chi connectivity index (χ1) is 11.6. The molecule has 128 valence electrons. The van der Waals surface area contributed by atoms with E-state index in [1.165, 1.54) is 0 Å². The van der Waals surface area contributed by atoms with Crippen LogP contribution < -0.4 is 10.1 Å². The van der Waals surface area contributed by atoms with Crippen LogP contribution >= 0.6 is 0 Å². The van der Waals surface area contributed by atoms with Gasteiger partial charge in [0.15, 0.2) is 0 Å². The summed E-state index contributed by atoms with van der Waals surface area (Å²) in [6.07, 6.45) is 1.88. The average molecular weight is 346 g/mol. The maximum atomic E-state index is 12.6. The second kappa shape index (κ2) is 7.23. The summed E-state index contributed by atoms with van der Waals surface area (Å²) in [5.41, 5.74) is 1.86. The van der Waals surface area contributed by atoms with Crippen LogP contribution in [-0.2, 0) is 16.6 Å². The summed E-state index contributed by atoms with van der Waals surface area (Å²) < 4.78 is 32.0. The molecule has 0 unspecified atom stereocenters. The molecular formula is C18H22N2O3S. The maximum Gasteiger partial charge on any atom is 0.243 e. The molecule has 24 heavy (non-hydrogen) atoms. The molecule has 2 aromatic carbocycles. The Hall–Kier alpha value is -2.05. The predicted molar refractivity (Wildman–Crippen MR) is 94.8 cm³/mol. The van der Waals surface area contributed by atoms with Gasteiger partial charge < -0.3 is 10.1 Å². The van der Waals surface area contributed by atoms with Gasteiger partial charge in [-0.3, -0.25) is 0 Å². The van der Waals surface area contributed by atoms with E-state index in [1.807, 2.05) is 30.3 Å². The number of anilines is 1. The lowest BCUT2D eigenvalue weighted by molar-refractivity contribution is 0.414. The van der Waals surface area contributed by atoms with Crippen LogP contribution in [0.5, 0.6) is 5.75 Å². The van der Waals surface area contributed by atoms with Crippen molar-refractivity contribution < 1.29 is 13.2 Å². The Morgan fingerprint density at radius 2 is 1.83 bits per heavy atom. The van der Waals surface area contributed by atoms with Gasteiger partial charge in [-0.2, -0.15) is 4.31 Å². The standard InChI is InChI=1S/C18H22N2O3S/c1-23-17-8-4-6-15(12-17)14-19-16-7-5-9-18(13-16)24(21,22)20-10-2-3-11-20/h4-9,12-13,19H,2-3,10-11,14H2,1H3. The summed E-state index contributed by atoms with van der Waals surface area (Å²) in [5, 5.41) is 3.28. The smallest absolute Gasteiger partial charge is 0.243 e. The fourth-order valence-corrected chi connectivity index (χ4v) is 4.39. The van der Waals surface area contributed by atoms with Crippen molar-refractivity contribution in [2.24, 2.45) is 0 Å². The lowest BCUT2D eigenvalue weighted by atomic mass is 10.2. The van der Waals surface area contributed by atoms with Gasteiger partial charge in [0.05, 0.1) is 12.0 Å². The van der Waals surface area contributed by atoms with E-state index in [0.29, 0.717) is 24.5 Å². The van der Waals surface area contributed by atoms with E-state index in [9.17, 15) is 8.42 Å². The molecular weight excluding hydrogens is 324 g/mol. The highest BCUT2D eigenvalue weighted by Gasteiger charge is 2.27. The summed E-state index contributed by atoms with van der Waals surface area (Å²) in [5.74, 6) is 0.805. The minimum atomic E-state index is -3.38. The molecule has 1 N–H and O–H groups in total. The van der Waals surface area contributed by atoms with E-state index in [0.717, 1.165) is 29.8 Å². The summed E-state index contributed by atoms with van der Waals surface area (Å²) in [7, 11) is -1.74. The van der Waals surface area contributed by atoms with Gasteiger partial charge in [0, 0.05) is 25.3 Å². The molecule has 0 aromatic heterocycles. The minimum absolute atomic E-state index is 0.347. The van der Waals surface area contributed by atoms with E-state index >= 15 is 0 Å². The van der Waals surface area contributed by atoms with Crippen LogP contribution in [0.15, 0.2) is 53.4 Å². The molecule has 0 saturated carbocycles. The highest BCUT2D eigenvalue weighted by Crippen LogP contribution is 2.23. The molecule has 5 nitrogen and oxygen atoms in total. The summed E-state index contributed by atoms with van der Waals surface area (Å²) in [6.45, 7) is 1.83. The van der Waals surface area contributed by atoms with E-state index in [2.05, 4.69) is 5.32 Å². The van der Waals surface area contributed by atoms with Gasteiger partial charge in [-0.05, 0) is 48.7 Å². The monoisotopic (exact) mass is 346 g/mol. The molecule has 0 atom stereocenters. The van der Waals surface area contributed by atoms with Crippen LogP contribution in [-0.4, -0.2) is 32.9 Å². The molecule has 1 fully saturated rings. The Labute approximate surface area is 143 Å². The third-order valence-electron chi connectivity index (χ3n) is 4.17.